The molecule has 0 aliphatic carbocycles. The summed E-state index contributed by atoms with van der Waals surface area (Å²) < 4.78 is 0.953. The minimum absolute atomic E-state index is 0.0972. The standard InChI is InChI=1S/C12H18BrNO2/c1-3-12(2,8-15)14-7-9-6-10(16)4-5-11(9)13/h4-6,14-16H,3,7-8H2,1-2H3. The Balaban J connectivity index is 2.70. The molecule has 0 radical (unpaired) electrons. The maximum absolute atomic E-state index is 9.38. The lowest BCUT2D eigenvalue weighted by Gasteiger charge is -2.27. The second-order valence-corrected chi connectivity index (χ2v) is 5.06. The molecule has 0 aromatic heterocycles. The molecule has 0 aliphatic rings. The number of aliphatic hydroxyl groups is 1. The molecule has 0 spiro atoms. The zero-order valence-corrected chi connectivity index (χ0v) is 11.2. The lowest BCUT2D eigenvalue weighted by atomic mass is 10.00. The number of hydrogen-bond acceptors (Lipinski definition) is 3. The Morgan fingerprint density at radius 3 is 2.69 bits per heavy atom. The van der Waals surface area contributed by atoms with Gasteiger partial charge in [0.05, 0.1) is 6.61 Å². The molecule has 1 aromatic carbocycles. The topological polar surface area (TPSA) is 52.5 Å². The Morgan fingerprint density at radius 1 is 1.44 bits per heavy atom. The largest absolute Gasteiger partial charge is 0.508 e. The highest BCUT2D eigenvalue weighted by Gasteiger charge is 2.19. The summed E-state index contributed by atoms with van der Waals surface area (Å²) in [7, 11) is 0. The first kappa shape index (κ1) is 13.5. The fraction of sp³-hybridized carbons (Fsp3) is 0.500. The second-order valence-electron chi connectivity index (χ2n) is 4.20. The summed E-state index contributed by atoms with van der Waals surface area (Å²) in [6.45, 7) is 4.71. The third-order valence-electron chi connectivity index (χ3n) is 2.86. The van der Waals surface area contributed by atoms with Crippen LogP contribution in [0.3, 0.4) is 0 Å². The highest BCUT2D eigenvalue weighted by atomic mass is 79.9. The van der Waals surface area contributed by atoms with E-state index in [9.17, 15) is 10.2 Å². The van der Waals surface area contributed by atoms with Gasteiger partial charge in [0.15, 0.2) is 0 Å². The van der Waals surface area contributed by atoms with Gasteiger partial charge in [0, 0.05) is 16.6 Å². The van der Waals surface area contributed by atoms with Crippen molar-refractivity contribution in [3.8, 4) is 5.75 Å². The molecule has 1 atom stereocenters. The first-order chi connectivity index (χ1) is 7.50. The maximum Gasteiger partial charge on any atom is 0.115 e. The molecule has 90 valence electrons. The van der Waals surface area contributed by atoms with Crippen LogP contribution in [0.5, 0.6) is 5.75 Å². The molecule has 0 heterocycles. The molecule has 1 rings (SSSR count). The molecule has 1 unspecified atom stereocenters. The fourth-order valence-corrected chi connectivity index (χ4v) is 1.68. The molecular weight excluding hydrogens is 270 g/mol. The first-order valence-corrected chi connectivity index (χ1v) is 6.13. The van der Waals surface area contributed by atoms with E-state index in [1.54, 1.807) is 12.1 Å². The fourth-order valence-electron chi connectivity index (χ4n) is 1.30. The monoisotopic (exact) mass is 287 g/mol. The number of halogens is 1. The number of hydrogen-bond donors (Lipinski definition) is 3. The van der Waals surface area contributed by atoms with Crippen LogP contribution in [0.4, 0.5) is 0 Å². The Hall–Kier alpha value is -0.580. The number of aromatic hydroxyl groups is 1. The second kappa shape index (κ2) is 5.66. The van der Waals surface area contributed by atoms with Gasteiger partial charge in [-0.3, -0.25) is 0 Å². The van der Waals surface area contributed by atoms with Crippen molar-refractivity contribution in [2.75, 3.05) is 6.61 Å². The van der Waals surface area contributed by atoms with Crippen LogP contribution in [0.25, 0.3) is 0 Å². The third kappa shape index (κ3) is 3.47. The number of phenolic OH excluding ortho intramolecular Hbond substituents is 1. The lowest BCUT2D eigenvalue weighted by Crippen LogP contribution is -2.44. The van der Waals surface area contributed by atoms with Crippen LogP contribution in [0.1, 0.15) is 25.8 Å². The third-order valence-corrected chi connectivity index (χ3v) is 3.64. The highest BCUT2D eigenvalue weighted by Crippen LogP contribution is 2.22. The molecule has 0 aliphatic heterocycles. The van der Waals surface area contributed by atoms with Gasteiger partial charge in [-0.1, -0.05) is 22.9 Å². The van der Waals surface area contributed by atoms with Crippen LogP contribution >= 0.6 is 15.9 Å². The maximum atomic E-state index is 9.38. The minimum Gasteiger partial charge on any atom is -0.508 e. The van der Waals surface area contributed by atoms with Gasteiger partial charge in [-0.25, -0.2) is 0 Å². The SMILES string of the molecule is CCC(C)(CO)NCc1cc(O)ccc1Br. The van der Waals surface area contributed by atoms with Gasteiger partial charge in [-0.15, -0.1) is 0 Å². The summed E-state index contributed by atoms with van der Waals surface area (Å²) in [5.74, 6) is 0.252. The molecule has 0 saturated carbocycles. The van der Waals surface area contributed by atoms with Crippen molar-refractivity contribution in [2.45, 2.75) is 32.4 Å². The van der Waals surface area contributed by atoms with Gasteiger partial charge in [-0.05, 0) is 37.1 Å². The quantitative estimate of drug-likeness (QED) is 0.780. The van der Waals surface area contributed by atoms with Crippen LogP contribution in [0, 0.1) is 0 Å². The van der Waals surface area contributed by atoms with Crippen molar-refractivity contribution in [3.63, 3.8) is 0 Å². The number of nitrogens with one attached hydrogen (secondary N) is 1. The van der Waals surface area contributed by atoms with E-state index in [0.717, 1.165) is 16.5 Å². The van der Waals surface area contributed by atoms with Crippen LogP contribution in [0.2, 0.25) is 0 Å². The molecule has 0 bridgehead atoms. The highest BCUT2D eigenvalue weighted by molar-refractivity contribution is 9.10. The lowest BCUT2D eigenvalue weighted by molar-refractivity contribution is 0.169. The van der Waals surface area contributed by atoms with Gasteiger partial charge >= 0.3 is 0 Å². The van der Waals surface area contributed by atoms with E-state index in [2.05, 4.69) is 21.2 Å². The predicted molar refractivity (Wildman–Crippen MR) is 68.4 cm³/mol. The molecule has 0 saturated heterocycles. The van der Waals surface area contributed by atoms with E-state index >= 15 is 0 Å². The summed E-state index contributed by atoms with van der Waals surface area (Å²) >= 11 is 3.43. The molecule has 0 amide bonds. The smallest absolute Gasteiger partial charge is 0.115 e. The van der Waals surface area contributed by atoms with Crippen molar-refractivity contribution in [1.82, 2.24) is 5.32 Å². The van der Waals surface area contributed by atoms with E-state index in [4.69, 9.17) is 0 Å². The summed E-state index contributed by atoms with van der Waals surface area (Å²) in [5.41, 5.74) is 0.707. The van der Waals surface area contributed by atoms with Crippen LogP contribution < -0.4 is 5.32 Å². The molecule has 0 fully saturated rings. The Labute approximate surface area is 105 Å². The minimum atomic E-state index is -0.273. The first-order valence-electron chi connectivity index (χ1n) is 5.34. The summed E-state index contributed by atoms with van der Waals surface area (Å²) in [4.78, 5) is 0. The van der Waals surface area contributed by atoms with Gasteiger partial charge in [0.2, 0.25) is 0 Å². The summed E-state index contributed by atoms with van der Waals surface area (Å²) in [6, 6.07) is 5.16. The van der Waals surface area contributed by atoms with E-state index in [-0.39, 0.29) is 17.9 Å². The van der Waals surface area contributed by atoms with Crippen molar-refractivity contribution < 1.29 is 10.2 Å². The van der Waals surface area contributed by atoms with Crippen molar-refractivity contribution in [3.05, 3.63) is 28.2 Å². The van der Waals surface area contributed by atoms with E-state index in [0.29, 0.717) is 6.54 Å². The Morgan fingerprint density at radius 2 is 2.12 bits per heavy atom. The Kier molecular flexibility index (Phi) is 4.77. The van der Waals surface area contributed by atoms with Crippen molar-refractivity contribution in [2.24, 2.45) is 0 Å². The number of benzene rings is 1. The van der Waals surface area contributed by atoms with Crippen LogP contribution in [-0.2, 0) is 6.54 Å². The molecule has 16 heavy (non-hydrogen) atoms. The normalized spacial score (nSPS) is 14.8. The molecule has 3 nitrogen and oxygen atoms in total. The molecule has 4 heteroatoms. The molecule has 1 aromatic rings. The number of rotatable bonds is 5. The average molecular weight is 288 g/mol. The molecular formula is C12H18BrNO2. The van der Waals surface area contributed by atoms with Crippen LogP contribution in [0.15, 0.2) is 22.7 Å². The summed E-state index contributed by atoms with van der Waals surface area (Å²) in [6.07, 6.45) is 0.847. The van der Waals surface area contributed by atoms with E-state index in [1.165, 1.54) is 0 Å². The van der Waals surface area contributed by atoms with Gasteiger partial charge < -0.3 is 15.5 Å². The van der Waals surface area contributed by atoms with Gasteiger partial charge in [-0.2, -0.15) is 0 Å². The average Bonchev–Trinajstić information content (AvgIpc) is 2.30. The van der Waals surface area contributed by atoms with Crippen molar-refractivity contribution in [1.29, 1.82) is 0 Å². The van der Waals surface area contributed by atoms with Crippen LogP contribution in [-0.4, -0.2) is 22.4 Å². The molecule has 3 N–H and O–H groups in total. The summed E-state index contributed by atoms with van der Waals surface area (Å²) in [5, 5.41) is 21.9. The van der Waals surface area contributed by atoms with Crippen molar-refractivity contribution >= 4 is 15.9 Å². The predicted octanol–water partition coefficient (Wildman–Crippen LogP) is 2.41. The van der Waals surface area contributed by atoms with Gasteiger partial charge in [0.25, 0.3) is 0 Å². The van der Waals surface area contributed by atoms with Gasteiger partial charge in [0.1, 0.15) is 5.75 Å². The number of phenols is 1. The number of aliphatic hydroxyl groups excluding tert-OH is 1. The zero-order valence-electron chi connectivity index (χ0n) is 9.63. The Bertz CT molecular complexity index is 351. The van der Waals surface area contributed by atoms with E-state index in [1.807, 2.05) is 19.9 Å². The zero-order chi connectivity index (χ0) is 12.2. The van der Waals surface area contributed by atoms with E-state index < -0.39 is 0 Å².